The first-order chi connectivity index (χ1) is 5.78. The summed E-state index contributed by atoms with van der Waals surface area (Å²) in [5.74, 6) is -5.98. The van der Waals surface area contributed by atoms with Crippen molar-refractivity contribution in [2.75, 3.05) is 0 Å². The van der Waals surface area contributed by atoms with Gasteiger partial charge in [0.2, 0.25) is 0 Å². The summed E-state index contributed by atoms with van der Waals surface area (Å²) in [7, 11) is 0. The third-order valence-corrected chi connectivity index (χ3v) is 1.25. The van der Waals surface area contributed by atoms with Crippen molar-refractivity contribution in [1.29, 1.82) is 0 Å². The Morgan fingerprint density at radius 2 is 1.27 bits per heavy atom. The second kappa shape index (κ2) is 8.67. The maximum absolute atomic E-state index is 10.1. The molecule has 0 fully saturated rings. The SMILES string of the molecule is O=C([O-])CC(O)(CC(=O)[O-])C(=O)[O-].[Ca+2].[Cd+2]. The van der Waals surface area contributed by atoms with Crippen molar-refractivity contribution in [3.63, 3.8) is 0 Å². The van der Waals surface area contributed by atoms with Crippen LogP contribution >= 0.6 is 0 Å². The predicted octanol–water partition coefficient (Wildman–Crippen LogP) is -5.64. The first-order valence-corrected chi connectivity index (χ1v) is 3.11. The van der Waals surface area contributed by atoms with E-state index in [1.54, 1.807) is 0 Å². The van der Waals surface area contributed by atoms with Gasteiger partial charge in [0, 0.05) is 24.8 Å². The maximum atomic E-state index is 10.1. The molecular formula is C6H5CaCdO7+. The zero-order valence-electron chi connectivity index (χ0n) is 7.73. The minimum absolute atomic E-state index is 0. The molecule has 0 saturated carbocycles. The molecular weight excluding hydrogens is 337 g/mol. The summed E-state index contributed by atoms with van der Waals surface area (Å²) in [6, 6.07) is 0. The van der Waals surface area contributed by atoms with Crippen molar-refractivity contribution >= 4 is 55.6 Å². The summed E-state index contributed by atoms with van der Waals surface area (Å²) in [6.45, 7) is 0. The van der Waals surface area contributed by atoms with Gasteiger partial charge in [-0.3, -0.25) is 0 Å². The molecule has 0 unspecified atom stereocenters. The van der Waals surface area contributed by atoms with Gasteiger partial charge in [0.15, 0.2) is 0 Å². The van der Waals surface area contributed by atoms with E-state index in [4.69, 9.17) is 5.11 Å². The van der Waals surface area contributed by atoms with E-state index in [9.17, 15) is 29.7 Å². The Morgan fingerprint density at radius 3 is 1.40 bits per heavy atom. The van der Waals surface area contributed by atoms with Gasteiger partial charge in [-0.25, -0.2) is 0 Å². The molecule has 0 aliphatic heterocycles. The number of carboxylic acids is 3. The molecule has 1 N–H and O–H groups in total. The average Bonchev–Trinajstić information content (AvgIpc) is 1.82. The predicted molar refractivity (Wildman–Crippen MR) is 35.0 cm³/mol. The van der Waals surface area contributed by atoms with E-state index in [0.717, 1.165) is 0 Å². The number of aliphatic hydroxyl groups is 1. The van der Waals surface area contributed by atoms with Crippen LogP contribution in [0.2, 0.25) is 0 Å². The number of rotatable bonds is 5. The molecule has 0 spiro atoms. The van der Waals surface area contributed by atoms with Crippen LogP contribution in [0.4, 0.5) is 0 Å². The molecule has 74 valence electrons. The van der Waals surface area contributed by atoms with Crippen LogP contribution in [0.25, 0.3) is 0 Å². The third-order valence-electron chi connectivity index (χ3n) is 1.25. The Kier molecular flexibility index (Phi) is 12.1. The van der Waals surface area contributed by atoms with Crippen molar-refractivity contribution in [3.8, 4) is 0 Å². The number of carboxylic acid groups (broad SMARTS) is 3. The standard InChI is InChI=1S/C6H8O7.Ca.Cd/c7-3(8)1-6(13,5(11)12)2-4(9)10;;/h13H,1-2H2,(H,7,8)(H,9,10)(H,11,12);;/q;2*+2/p-3. The molecule has 9 heteroatoms. The second-order valence-electron chi connectivity index (χ2n) is 2.42. The fourth-order valence-corrected chi connectivity index (χ4v) is 0.684. The number of aliphatic carboxylic acids is 3. The summed E-state index contributed by atoms with van der Waals surface area (Å²) in [5, 5.41) is 38.9. The summed E-state index contributed by atoms with van der Waals surface area (Å²) < 4.78 is 0. The van der Waals surface area contributed by atoms with Gasteiger partial charge < -0.3 is 34.8 Å². The van der Waals surface area contributed by atoms with Crippen LogP contribution in [-0.2, 0) is 41.7 Å². The zero-order chi connectivity index (χ0) is 10.6. The van der Waals surface area contributed by atoms with Gasteiger partial charge in [-0.2, -0.15) is 0 Å². The van der Waals surface area contributed by atoms with E-state index in [2.05, 4.69) is 0 Å². The average molecular weight is 342 g/mol. The van der Waals surface area contributed by atoms with Crippen LogP contribution in [0.1, 0.15) is 12.8 Å². The third kappa shape index (κ3) is 8.37. The van der Waals surface area contributed by atoms with Crippen molar-refractivity contribution in [2.45, 2.75) is 18.4 Å². The molecule has 0 rings (SSSR count). The number of carbonyl (C=O) groups is 3. The molecule has 0 aromatic heterocycles. The van der Waals surface area contributed by atoms with Gasteiger partial charge in [0.05, 0.1) is 5.97 Å². The number of hydrogen-bond acceptors (Lipinski definition) is 7. The van der Waals surface area contributed by atoms with Crippen LogP contribution < -0.4 is 15.3 Å². The topological polar surface area (TPSA) is 141 Å². The van der Waals surface area contributed by atoms with E-state index >= 15 is 0 Å². The Balaban J connectivity index is -0.000000720. The molecule has 0 saturated heterocycles. The second-order valence-corrected chi connectivity index (χ2v) is 2.42. The minimum atomic E-state index is -2.97. The maximum Gasteiger partial charge on any atom is 2.00 e. The van der Waals surface area contributed by atoms with E-state index in [1.807, 2.05) is 0 Å². The summed E-state index contributed by atoms with van der Waals surface area (Å²) >= 11 is 0. The molecule has 15 heavy (non-hydrogen) atoms. The Morgan fingerprint density at radius 1 is 1.00 bits per heavy atom. The van der Waals surface area contributed by atoms with E-state index in [-0.39, 0.29) is 65.0 Å². The van der Waals surface area contributed by atoms with E-state index in [0.29, 0.717) is 0 Å². The van der Waals surface area contributed by atoms with Gasteiger partial charge in [0.25, 0.3) is 0 Å². The molecule has 0 aliphatic carbocycles. The van der Waals surface area contributed by atoms with Crippen molar-refractivity contribution in [3.05, 3.63) is 0 Å². The fraction of sp³-hybridized carbons (Fsp3) is 0.500. The van der Waals surface area contributed by atoms with Crippen LogP contribution in [0, 0.1) is 0 Å². The molecule has 7 nitrogen and oxygen atoms in total. The smallest absolute Gasteiger partial charge is 0.550 e. The normalized spacial score (nSPS) is 9.40. The Labute approximate surface area is 135 Å². The number of hydrogen-bond donors (Lipinski definition) is 1. The van der Waals surface area contributed by atoms with Crippen molar-refractivity contribution < 1.29 is 62.1 Å². The van der Waals surface area contributed by atoms with Gasteiger partial charge in [-0.05, 0) is 0 Å². The summed E-state index contributed by atoms with van der Waals surface area (Å²) in [4.78, 5) is 30.0. The van der Waals surface area contributed by atoms with Crippen LogP contribution in [0.15, 0.2) is 0 Å². The first kappa shape index (κ1) is 20.9. The van der Waals surface area contributed by atoms with Gasteiger partial charge >= 0.3 is 65.0 Å². The molecule has 0 amide bonds. The van der Waals surface area contributed by atoms with Crippen molar-refractivity contribution in [2.24, 2.45) is 0 Å². The largest absolute Gasteiger partial charge is 2.00 e. The van der Waals surface area contributed by atoms with E-state index in [1.165, 1.54) is 0 Å². The van der Waals surface area contributed by atoms with Gasteiger partial charge in [0.1, 0.15) is 5.60 Å². The van der Waals surface area contributed by atoms with Crippen LogP contribution in [-0.4, -0.2) is 66.4 Å². The monoisotopic (exact) mass is 343 g/mol. The van der Waals surface area contributed by atoms with Crippen LogP contribution in [0.5, 0.6) is 0 Å². The van der Waals surface area contributed by atoms with Crippen molar-refractivity contribution in [1.82, 2.24) is 0 Å². The van der Waals surface area contributed by atoms with Gasteiger partial charge in [-0.1, -0.05) is 0 Å². The Hall–Kier alpha value is 0.552. The molecule has 0 radical (unpaired) electrons. The fourth-order valence-electron chi connectivity index (χ4n) is 0.684. The zero-order valence-corrected chi connectivity index (χ0v) is 14.0. The molecule has 0 aromatic carbocycles. The number of carbonyl (C=O) groups excluding carboxylic acids is 3. The van der Waals surface area contributed by atoms with E-state index < -0.39 is 36.4 Å². The van der Waals surface area contributed by atoms with Crippen LogP contribution in [0.3, 0.4) is 0 Å². The summed E-state index contributed by atoms with van der Waals surface area (Å²) in [5.41, 5.74) is -2.97. The minimum Gasteiger partial charge on any atom is -0.550 e. The summed E-state index contributed by atoms with van der Waals surface area (Å²) in [6.07, 6.45) is -2.72. The molecule has 0 atom stereocenters. The van der Waals surface area contributed by atoms with Gasteiger partial charge in [-0.15, -0.1) is 0 Å². The molecule has 0 bridgehead atoms. The molecule has 0 aromatic rings. The Bertz CT molecular complexity index is 238. The first-order valence-electron chi connectivity index (χ1n) is 3.11. The molecule has 0 aliphatic rings. The quantitative estimate of drug-likeness (QED) is 0.491. The molecule has 0 heterocycles.